The number of nitrogens with one attached hydrogen (secondary N) is 1. The van der Waals surface area contributed by atoms with Gasteiger partial charge in [0.05, 0.1) is 0 Å². The standard InChI is InChI=1S/C48H54AsClF4N7O4S3/c1-2-58-24-26-59(27-25-58)20-16-36(32-66-40-6-4-3-5-7-40)49-44-15-13-41(29-46(44)67(62,63)48(52,53)54)68(64,65)57-47-43-19-23-61(31-45(43)55-33-56-47)39-17-21-60(22-18-39)30-35-28-38(51)12-14-42(35)34-8-10-37(50)11-9-34/h3-15,28-29,33,36,39H,2,16-27,30-32H2,1H3,(H,55,56,57)/i39D. The zero-order valence-electron chi connectivity index (χ0n) is 38.5. The Labute approximate surface area is 414 Å². The second-order valence-electron chi connectivity index (χ2n) is 17.1. The van der Waals surface area contributed by atoms with Crippen molar-refractivity contribution >= 4 is 69.1 Å². The molecule has 4 aromatic carbocycles. The number of likely N-dealkylation sites (tertiary alicyclic amines) is 1. The van der Waals surface area contributed by atoms with E-state index in [2.05, 4.69) is 36.3 Å². The third-order valence-electron chi connectivity index (χ3n) is 12.8. The molecule has 2 saturated heterocycles. The van der Waals surface area contributed by atoms with Crippen molar-refractivity contribution in [1.82, 2.24) is 29.6 Å². The van der Waals surface area contributed by atoms with Crippen LogP contribution in [0.5, 0.6) is 0 Å². The van der Waals surface area contributed by atoms with E-state index in [0.717, 1.165) is 54.3 Å². The van der Waals surface area contributed by atoms with Crippen LogP contribution in [0.4, 0.5) is 23.4 Å². The molecule has 3 aliphatic heterocycles. The van der Waals surface area contributed by atoms with Gasteiger partial charge in [-0.25, -0.2) is 4.39 Å². The number of benzene rings is 4. The molecule has 363 valence electrons. The van der Waals surface area contributed by atoms with Crippen molar-refractivity contribution in [1.29, 1.82) is 0 Å². The fourth-order valence-corrected chi connectivity index (χ4v) is 16.1. The van der Waals surface area contributed by atoms with Crippen LogP contribution < -0.4 is 9.07 Å². The van der Waals surface area contributed by atoms with E-state index in [1.165, 1.54) is 24.5 Å². The molecule has 2 fully saturated rings. The Hall–Kier alpha value is -3.58. The van der Waals surface area contributed by atoms with Crippen molar-refractivity contribution in [3.63, 3.8) is 0 Å². The van der Waals surface area contributed by atoms with Crippen LogP contribution in [0.3, 0.4) is 0 Å². The molecule has 0 spiro atoms. The summed E-state index contributed by atoms with van der Waals surface area (Å²) in [4.78, 5) is 16.9. The Morgan fingerprint density at radius 3 is 2.31 bits per heavy atom. The van der Waals surface area contributed by atoms with Gasteiger partial charge in [0, 0.05) is 12.9 Å². The molecule has 1 unspecified atom stereocenters. The van der Waals surface area contributed by atoms with Crippen LogP contribution in [0.1, 0.15) is 44.4 Å². The van der Waals surface area contributed by atoms with Gasteiger partial charge in [0.15, 0.2) is 0 Å². The van der Waals surface area contributed by atoms with Crippen molar-refractivity contribution < 1.29 is 35.8 Å². The maximum Gasteiger partial charge on any atom is 0.123 e. The molecule has 8 rings (SSSR count). The second-order valence-corrected chi connectivity index (χ2v) is 25.3. The molecule has 1 aromatic heterocycles. The van der Waals surface area contributed by atoms with Crippen molar-refractivity contribution in [2.45, 2.75) is 76.6 Å². The van der Waals surface area contributed by atoms with Crippen molar-refractivity contribution in [3.05, 3.63) is 125 Å². The minimum Gasteiger partial charge on any atom is -0.299 e. The smallest absolute Gasteiger partial charge is 0.123 e. The van der Waals surface area contributed by atoms with E-state index in [1.54, 1.807) is 36.0 Å². The Kier molecular flexibility index (Phi) is 16.2. The van der Waals surface area contributed by atoms with Gasteiger partial charge in [-0.15, -0.1) is 0 Å². The van der Waals surface area contributed by atoms with Crippen molar-refractivity contribution in [2.24, 2.45) is 0 Å². The van der Waals surface area contributed by atoms with Crippen LogP contribution in [0.25, 0.3) is 11.1 Å². The molecule has 20 heteroatoms. The number of thioether (sulfide) groups is 1. The Bertz CT molecular complexity index is 2810. The number of piperazine rings is 1. The number of nitrogens with zero attached hydrogens (tertiary/aromatic N) is 6. The Balaban J connectivity index is 0.965. The van der Waals surface area contributed by atoms with Crippen LogP contribution in [0.2, 0.25) is 9.73 Å². The first-order chi connectivity index (χ1) is 32.9. The minimum atomic E-state index is -5.96. The number of piperidine rings is 1. The van der Waals surface area contributed by atoms with Crippen molar-refractivity contribution in [3.8, 4) is 11.1 Å². The summed E-state index contributed by atoms with van der Waals surface area (Å²) < 4.78 is 124. The Morgan fingerprint density at radius 2 is 1.60 bits per heavy atom. The molecular weight excluding hydrogens is 1020 g/mol. The van der Waals surface area contributed by atoms with Gasteiger partial charge in [0.2, 0.25) is 0 Å². The quantitative estimate of drug-likeness (QED) is 0.0555. The molecule has 1 radical (unpaired) electrons. The molecule has 1 N–H and O–H groups in total. The molecule has 68 heavy (non-hydrogen) atoms. The predicted molar refractivity (Wildman–Crippen MR) is 261 cm³/mol. The van der Waals surface area contributed by atoms with Gasteiger partial charge in [-0.2, -0.15) is 0 Å². The molecule has 0 bridgehead atoms. The fourth-order valence-electron chi connectivity index (χ4n) is 8.89. The zero-order valence-corrected chi connectivity index (χ0v) is 42.6. The first-order valence-electron chi connectivity index (χ1n) is 23.1. The van der Waals surface area contributed by atoms with Gasteiger partial charge in [-0.3, -0.25) is 4.90 Å². The zero-order chi connectivity index (χ0) is 49.0. The molecule has 11 nitrogen and oxygen atoms in total. The molecular formula is C48H54AsClF4N7O4S3. The monoisotopic (exact) mass is 1080 g/mol. The number of likely N-dealkylation sites (N-methyl/N-ethyl adjacent to an activating group) is 1. The number of fused-ring (bicyclic) bond motifs is 1. The van der Waals surface area contributed by atoms with Gasteiger partial charge < -0.3 is 0 Å². The SMILES string of the molecule is [2H]C1(N2CCc3c(ncnc3NS(=O)(=O)c3ccc([As]C(CCN4CCN(CC)CC4)CSc4ccccc4)c(S(=O)(=O)C(F)(F)F)c3)C2)CCN(Cc2cc(F)ccc2-c2ccc(Cl)cc2)CC1. The summed E-state index contributed by atoms with van der Waals surface area (Å²) in [6, 6.07) is 23.8. The number of rotatable bonds is 17. The number of sulfone groups is 1. The molecule has 0 aliphatic carbocycles. The molecule has 4 heterocycles. The summed E-state index contributed by atoms with van der Waals surface area (Å²) in [5.41, 5.74) is -2.03. The maximum absolute atomic E-state index is 14.5. The van der Waals surface area contributed by atoms with Crippen LogP contribution in [-0.2, 0) is 39.4 Å². The normalized spacial score (nSPS) is 18.6. The first-order valence-corrected chi connectivity index (χ1v) is 28.9. The number of sulfonamides is 1. The van der Waals surface area contributed by atoms with E-state index in [0.29, 0.717) is 80.1 Å². The summed E-state index contributed by atoms with van der Waals surface area (Å²) in [5, 5.41) is 0.605. The topological polar surface area (TPSA) is 119 Å². The number of alkyl halides is 3. The van der Waals surface area contributed by atoms with E-state index in [-0.39, 0.29) is 33.7 Å². The number of hydrogen-bond acceptors (Lipinski definition) is 11. The summed E-state index contributed by atoms with van der Waals surface area (Å²) >= 11 is 6.50. The van der Waals surface area contributed by atoms with Gasteiger partial charge >= 0.3 is 292 Å². The predicted octanol–water partition coefficient (Wildman–Crippen LogP) is 7.99. The molecule has 1 atom stereocenters. The minimum absolute atomic E-state index is 0.0108. The van der Waals surface area contributed by atoms with E-state index >= 15 is 0 Å². The molecule has 0 amide bonds. The van der Waals surface area contributed by atoms with Crippen molar-refractivity contribution in [2.75, 3.05) is 69.4 Å². The summed E-state index contributed by atoms with van der Waals surface area (Å²) in [6.45, 7) is 9.60. The van der Waals surface area contributed by atoms with E-state index in [1.807, 2.05) is 47.4 Å². The summed E-state index contributed by atoms with van der Waals surface area (Å²) in [6.07, 6.45) is 3.09. The fraction of sp³-hybridized carbons (Fsp3) is 0.417. The summed E-state index contributed by atoms with van der Waals surface area (Å²) in [5.74, 6) is 0.151. The summed E-state index contributed by atoms with van der Waals surface area (Å²) in [7, 11) is -10.6. The van der Waals surface area contributed by atoms with E-state index in [9.17, 15) is 35.8 Å². The van der Waals surface area contributed by atoms with Gasteiger partial charge in [0.25, 0.3) is 0 Å². The second kappa shape index (κ2) is 22.2. The molecule has 0 saturated carbocycles. The average Bonchev–Trinajstić information content (AvgIpc) is 3.33. The third-order valence-corrected chi connectivity index (χ3v) is 21.0. The number of hydrogen-bond donors (Lipinski definition) is 1. The molecule has 3 aliphatic rings. The van der Waals surface area contributed by atoms with Crippen LogP contribution in [0.15, 0.2) is 112 Å². The van der Waals surface area contributed by atoms with E-state index < -0.39 is 56.9 Å². The van der Waals surface area contributed by atoms with E-state index in [4.69, 9.17) is 11.6 Å². The van der Waals surface area contributed by atoms with Gasteiger partial charge in [-0.1, -0.05) is 29.8 Å². The average molecular weight is 1080 g/mol. The third kappa shape index (κ3) is 12.5. The Morgan fingerprint density at radius 1 is 0.882 bits per heavy atom. The number of anilines is 1. The number of halogens is 5. The maximum atomic E-state index is 14.5. The molecule has 5 aromatic rings. The van der Waals surface area contributed by atoms with Crippen LogP contribution in [0, 0.1) is 5.82 Å². The first kappa shape index (κ1) is 49.4. The van der Waals surface area contributed by atoms with Gasteiger partial charge in [0.1, 0.15) is 5.82 Å². The number of aromatic nitrogens is 2. The van der Waals surface area contributed by atoms with Crippen LogP contribution >= 0.6 is 23.4 Å². The largest absolute Gasteiger partial charge is 0.299 e. The van der Waals surface area contributed by atoms with Crippen LogP contribution in [-0.4, -0.2) is 138 Å². The van der Waals surface area contributed by atoms with Gasteiger partial charge in [-0.05, 0) is 66.9 Å².